The third-order valence-corrected chi connectivity index (χ3v) is 5.44. The van der Waals surface area contributed by atoms with Crippen molar-refractivity contribution in [3.8, 4) is 6.07 Å². The van der Waals surface area contributed by atoms with Crippen LogP contribution in [0.3, 0.4) is 0 Å². The van der Waals surface area contributed by atoms with Gasteiger partial charge < -0.3 is 19.9 Å². The Morgan fingerprint density at radius 2 is 1.68 bits per heavy atom. The van der Waals surface area contributed by atoms with E-state index in [0.29, 0.717) is 5.56 Å². The first-order chi connectivity index (χ1) is 17.9. The van der Waals surface area contributed by atoms with Crippen LogP contribution in [0.25, 0.3) is 0 Å². The van der Waals surface area contributed by atoms with E-state index in [9.17, 15) is 19.6 Å². The van der Waals surface area contributed by atoms with Crippen molar-refractivity contribution < 1.29 is 33.0 Å². The standard InChI is InChI=1S/C27H27FN4O6/c1-27(2,3)38-26(35)31-16-11-12-18(28)19(13-16)32-22(25(34)37-5)21(24(33)36-4)20(17(14-29)23(32)30)15-9-7-6-8-10-15/h6-13,20H,30H2,1-5H3,(H,31,35). The Morgan fingerprint density at radius 3 is 2.24 bits per heavy atom. The van der Waals surface area contributed by atoms with E-state index in [0.717, 1.165) is 25.2 Å². The van der Waals surface area contributed by atoms with Crippen LogP contribution in [0.5, 0.6) is 0 Å². The zero-order valence-corrected chi connectivity index (χ0v) is 21.5. The first kappa shape index (κ1) is 27.7. The number of nitrogens with one attached hydrogen (secondary N) is 1. The molecule has 0 spiro atoms. The summed E-state index contributed by atoms with van der Waals surface area (Å²) in [4.78, 5) is 39.4. The average molecular weight is 523 g/mol. The molecule has 10 nitrogen and oxygen atoms in total. The summed E-state index contributed by atoms with van der Waals surface area (Å²) < 4.78 is 30.4. The van der Waals surface area contributed by atoms with E-state index in [-0.39, 0.29) is 28.3 Å². The van der Waals surface area contributed by atoms with Gasteiger partial charge in [0.1, 0.15) is 22.9 Å². The summed E-state index contributed by atoms with van der Waals surface area (Å²) in [6, 6.07) is 13.9. The molecule has 1 unspecified atom stereocenters. The van der Waals surface area contributed by atoms with Gasteiger partial charge in [0, 0.05) is 5.69 Å². The fraction of sp³-hybridized carbons (Fsp3) is 0.259. The van der Waals surface area contributed by atoms with Crippen LogP contribution in [-0.2, 0) is 23.8 Å². The highest BCUT2D eigenvalue weighted by Gasteiger charge is 2.43. The lowest BCUT2D eigenvalue weighted by atomic mass is 9.81. The van der Waals surface area contributed by atoms with Crippen LogP contribution in [0, 0.1) is 17.1 Å². The molecule has 2 aromatic rings. The number of hydrogen-bond acceptors (Lipinski definition) is 9. The van der Waals surface area contributed by atoms with Crippen molar-refractivity contribution in [2.45, 2.75) is 32.3 Å². The molecule has 0 aliphatic carbocycles. The van der Waals surface area contributed by atoms with Crippen LogP contribution >= 0.6 is 0 Å². The van der Waals surface area contributed by atoms with Gasteiger partial charge in [0.25, 0.3) is 0 Å². The van der Waals surface area contributed by atoms with Gasteiger partial charge in [-0.1, -0.05) is 30.3 Å². The van der Waals surface area contributed by atoms with Crippen LogP contribution in [-0.4, -0.2) is 37.9 Å². The van der Waals surface area contributed by atoms with Gasteiger partial charge in [0.2, 0.25) is 0 Å². The molecule has 1 amide bonds. The second kappa shape index (κ2) is 11.0. The second-order valence-electron chi connectivity index (χ2n) is 9.13. The van der Waals surface area contributed by atoms with Gasteiger partial charge in [0.05, 0.1) is 43.0 Å². The number of methoxy groups -OCH3 is 2. The van der Waals surface area contributed by atoms with Gasteiger partial charge in [0.15, 0.2) is 0 Å². The molecule has 1 heterocycles. The predicted molar refractivity (Wildman–Crippen MR) is 136 cm³/mol. The number of nitrogens with zero attached hydrogens (tertiary/aromatic N) is 2. The monoisotopic (exact) mass is 522 g/mol. The van der Waals surface area contributed by atoms with Crippen molar-refractivity contribution in [3.05, 3.63) is 82.6 Å². The lowest BCUT2D eigenvalue weighted by Crippen LogP contribution is -2.41. The number of benzene rings is 2. The van der Waals surface area contributed by atoms with E-state index < -0.39 is 41.1 Å². The maximum absolute atomic E-state index is 15.3. The van der Waals surface area contributed by atoms with Crippen molar-refractivity contribution >= 4 is 29.4 Å². The molecule has 1 aliphatic rings. The molecule has 38 heavy (non-hydrogen) atoms. The van der Waals surface area contributed by atoms with Crippen LogP contribution in [0.1, 0.15) is 32.3 Å². The summed E-state index contributed by atoms with van der Waals surface area (Å²) in [6.07, 6.45) is -0.807. The van der Waals surface area contributed by atoms with Crippen molar-refractivity contribution in [2.75, 3.05) is 24.4 Å². The zero-order valence-electron chi connectivity index (χ0n) is 21.5. The Labute approximate surface area is 219 Å². The number of allylic oxidation sites excluding steroid dienone is 1. The van der Waals surface area contributed by atoms with Crippen LogP contribution < -0.4 is 16.0 Å². The molecule has 3 rings (SSSR count). The summed E-state index contributed by atoms with van der Waals surface area (Å²) in [5, 5.41) is 12.6. The third-order valence-electron chi connectivity index (χ3n) is 5.44. The SMILES string of the molecule is COC(=O)C1=C(C(=O)OC)N(c2cc(NC(=O)OC(C)(C)C)ccc2F)C(N)=C(C#N)C1c1ccccc1. The second-order valence-corrected chi connectivity index (χ2v) is 9.13. The van der Waals surface area contributed by atoms with Gasteiger partial charge in [-0.25, -0.2) is 18.8 Å². The topological polar surface area (TPSA) is 144 Å². The Hall–Kier alpha value is -4.85. The molecule has 0 bridgehead atoms. The molecular formula is C27H27FN4O6. The van der Waals surface area contributed by atoms with Gasteiger partial charge >= 0.3 is 18.0 Å². The van der Waals surface area contributed by atoms with Gasteiger partial charge in [-0.2, -0.15) is 5.26 Å². The molecule has 0 saturated carbocycles. The molecule has 1 atom stereocenters. The lowest BCUT2D eigenvalue weighted by molar-refractivity contribution is -0.139. The Bertz CT molecular complexity index is 1370. The Kier molecular flexibility index (Phi) is 8.06. The maximum Gasteiger partial charge on any atom is 0.412 e. The zero-order chi connectivity index (χ0) is 28.2. The Balaban J connectivity index is 2.30. The fourth-order valence-electron chi connectivity index (χ4n) is 3.95. The minimum atomic E-state index is -1.11. The van der Waals surface area contributed by atoms with Crippen molar-refractivity contribution in [1.29, 1.82) is 5.26 Å². The summed E-state index contributed by atoms with van der Waals surface area (Å²) in [7, 11) is 2.19. The van der Waals surface area contributed by atoms with Crippen molar-refractivity contribution in [1.82, 2.24) is 0 Å². The van der Waals surface area contributed by atoms with Crippen LogP contribution in [0.15, 0.2) is 71.2 Å². The number of rotatable bonds is 5. The highest BCUT2D eigenvalue weighted by Crippen LogP contribution is 2.44. The summed E-state index contributed by atoms with van der Waals surface area (Å²) in [5.74, 6) is -4.28. The minimum Gasteiger partial charge on any atom is -0.466 e. The number of nitrogens with two attached hydrogens (primary N) is 1. The maximum atomic E-state index is 15.3. The van der Waals surface area contributed by atoms with Gasteiger partial charge in [-0.3, -0.25) is 10.2 Å². The molecule has 1 aliphatic heterocycles. The molecule has 11 heteroatoms. The molecule has 198 valence electrons. The number of anilines is 2. The lowest BCUT2D eigenvalue weighted by Gasteiger charge is -2.36. The van der Waals surface area contributed by atoms with E-state index in [4.69, 9.17) is 19.9 Å². The molecule has 3 N–H and O–H groups in total. The average Bonchev–Trinajstić information content (AvgIpc) is 2.87. The molecule has 0 saturated heterocycles. The van der Waals surface area contributed by atoms with E-state index in [2.05, 4.69) is 5.32 Å². The van der Waals surface area contributed by atoms with E-state index in [1.807, 2.05) is 6.07 Å². The molecule has 0 radical (unpaired) electrons. The summed E-state index contributed by atoms with van der Waals surface area (Å²) >= 11 is 0. The summed E-state index contributed by atoms with van der Waals surface area (Å²) in [6.45, 7) is 5.03. The third kappa shape index (κ3) is 5.59. The number of amides is 1. The number of nitriles is 1. The number of carbonyl (C=O) groups excluding carboxylic acids is 3. The van der Waals surface area contributed by atoms with Crippen LogP contribution in [0.4, 0.5) is 20.6 Å². The predicted octanol–water partition coefficient (Wildman–Crippen LogP) is 4.07. The van der Waals surface area contributed by atoms with Crippen molar-refractivity contribution in [3.63, 3.8) is 0 Å². The fourth-order valence-corrected chi connectivity index (χ4v) is 3.95. The highest BCUT2D eigenvalue weighted by molar-refractivity contribution is 6.06. The Morgan fingerprint density at radius 1 is 1.05 bits per heavy atom. The largest absolute Gasteiger partial charge is 0.466 e. The minimum absolute atomic E-state index is 0.0935. The number of hydrogen-bond donors (Lipinski definition) is 2. The van der Waals surface area contributed by atoms with Crippen molar-refractivity contribution in [2.24, 2.45) is 5.73 Å². The smallest absolute Gasteiger partial charge is 0.412 e. The van der Waals surface area contributed by atoms with Crippen LogP contribution in [0.2, 0.25) is 0 Å². The summed E-state index contributed by atoms with van der Waals surface area (Å²) in [5.41, 5.74) is 4.97. The first-order valence-electron chi connectivity index (χ1n) is 11.4. The molecule has 2 aromatic carbocycles. The van der Waals surface area contributed by atoms with Gasteiger partial charge in [-0.05, 0) is 44.5 Å². The quantitative estimate of drug-likeness (QED) is 0.438. The number of carbonyl (C=O) groups is 3. The number of ether oxygens (including phenoxy) is 3. The van der Waals surface area contributed by atoms with E-state index in [1.54, 1.807) is 51.1 Å². The normalized spacial score (nSPS) is 15.5. The number of halogens is 1. The van der Waals surface area contributed by atoms with Gasteiger partial charge in [-0.15, -0.1) is 0 Å². The first-order valence-corrected chi connectivity index (χ1v) is 11.4. The molecule has 0 fully saturated rings. The van der Waals surface area contributed by atoms with E-state index in [1.165, 1.54) is 12.1 Å². The molecule has 0 aromatic heterocycles. The van der Waals surface area contributed by atoms with E-state index >= 15 is 4.39 Å². The molecular weight excluding hydrogens is 495 g/mol. The number of esters is 2. The highest BCUT2D eigenvalue weighted by atomic mass is 19.1.